The van der Waals surface area contributed by atoms with E-state index in [-0.39, 0.29) is 24.1 Å². The molecule has 6 heteroatoms. The highest BCUT2D eigenvalue weighted by Crippen LogP contribution is 2.26. The molecule has 0 aliphatic heterocycles. The molecule has 0 aromatic carbocycles. The fraction of sp³-hybridized carbons (Fsp3) is 0.474. The second-order valence-electron chi connectivity index (χ2n) is 6.51. The molecule has 2 aliphatic rings. The molecule has 2 atom stereocenters. The van der Waals surface area contributed by atoms with E-state index in [0.717, 1.165) is 12.8 Å². The van der Waals surface area contributed by atoms with Crippen molar-refractivity contribution in [3.05, 3.63) is 55.0 Å². The van der Waals surface area contributed by atoms with Gasteiger partial charge in [-0.15, -0.1) is 0 Å². The monoisotopic (exact) mass is 344 g/mol. The molecular weight excluding hydrogens is 319 g/mol. The quantitative estimate of drug-likeness (QED) is 0.901. The third-order valence-electron chi connectivity index (χ3n) is 4.44. The van der Waals surface area contributed by atoms with Gasteiger partial charge >= 0.3 is 0 Å². The predicted octanol–water partition coefficient (Wildman–Crippen LogP) is 3.86. The molecule has 0 radical (unpaired) electrons. The molecule has 1 N–H and O–H groups in total. The van der Waals surface area contributed by atoms with E-state index in [0.29, 0.717) is 5.82 Å². The van der Waals surface area contributed by atoms with Crippen molar-refractivity contribution in [2.24, 2.45) is 7.05 Å². The largest absolute Gasteiger partial charge is 0.368 e. The van der Waals surface area contributed by atoms with Crippen molar-refractivity contribution in [3.8, 4) is 0 Å². The molecule has 1 aromatic heterocycles. The van der Waals surface area contributed by atoms with Gasteiger partial charge in [0, 0.05) is 25.6 Å². The van der Waals surface area contributed by atoms with Gasteiger partial charge in [0.15, 0.2) is 0 Å². The summed E-state index contributed by atoms with van der Waals surface area (Å²) in [5.74, 6) is 0.393. The molecule has 0 amide bonds. The minimum absolute atomic E-state index is 0.174. The molecule has 134 valence electrons. The second kappa shape index (κ2) is 8.76. The Morgan fingerprint density at radius 2 is 2.12 bits per heavy atom. The summed E-state index contributed by atoms with van der Waals surface area (Å²) in [5, 5.41) is 3.33. The normalized spacial score (nSPS) is 23.7. The lowest BCUT2D eigenvalue weighted by molar-refractivity contribution is -0.0109. The third-order valence-corrected chi connectivity index (χ3v) is 4.44. The number of hydrogen-bond acceptors (Lipinski definition) is 4. The minimum Gasteiger partial charge on any atom is -0.368 e. The molecule has 3 rings (SSSR count). The molecule has 1 heterocycles. The fourth-order valence-corrected chi connectivity index (χ4v) is 3.17. The fourth-order valence-electron chi connectivity index (χ4n) is 3.17. The number of nitrogens with zero attached hydrogens (tertiary/aromatic N) is 3. The Bertz CT molecular complexity index is 678. The maximum atomic E-state index is 13.8. The third kappa shape index (κ3) is 5.39. The van der Waals surface area contributed by atoms with Gasteiger partial charge in [0.2, 0.25) is 0 Å². The Kier molecular flexibility index (Phi) is 6.17. The highest BCUT2D eigenvalue weighted by atomic mass is 19.1. The summed E-state index contributed by atoms with van der Waals surface area (Å²) < 4.78 is 21.8. The number of aryl methyl sites for hydroxylation is 1. The summed E-state index contributed by atoms with van der Waals surface area (Å²) in [4.78, 5) is 8.39. The number of allylic oxidation sites excluding steroid dienone is 2. The summed E-state index contributed by atoms with van der Waals surface area (Å²) in [5.41, 5.74) is 0. The highest BCUT2D eigenvalue weighted by molar-refractivity contribution is 5.37. The molecular formula is C19H25FN4O. The van der Waals surface area contributed by atoms with Gasteiger partial charge in [-0.05, 0) is 31.1 Å². The summed E-state index contributed by atoms with van der Waals surface area (Å²) in [7, 11) is 1.92. The van der Waals surface area contributed by atoms with Crippen molar-refractivity contribution in [3.63, 3.8) is 0 Å². The number of rotatable bonds is 4. The number of ether oxygens (including phenoxy) is 1. The topological polar surface area (TPSA) is 52.0 Å². The summed E-state index contributed by atoms with van der Waals surface area (Å²) in [6.07, 6.45) is 17.3. The van der Waals surface area contributed by atoms with Crippen LogP contribution >= 0.6 is 0 Å². The first-order chi connectivity index (χ1) is 12.2. The van der Waals surface area contributed by atoms with Crippen LogP contribution in [0.25, 0.3) is 0 Å². The smallest absolute Gasteiger partial charge is 0.144 e. The van der Waals surface area contributed by atoms with Gasteiger partial charge in [-0.1, -0.05) is 25.3 Å². The Balaban J connectivity index is 1.76. The Morgan fingerprint density at radius 1 is 1.28 bits per heavy atom. The lowest BCUT2D eigenvalue weighted by Gasteiger charge is -2.31. The van der Waals surface area contributed by atoms with Crippen LogP contribution in [0.4, 0.5) is 10.2 Å². The molecule has 0 saturated heterocycles. The van der Waals surface area contributed by atoms with Crippen molar-refractivity contribution >= 4 is 5.82 Å². The van der Waals surface area contributed by atoms with Crippen LogP contribution in [-0.4, -0.2) is 32.8 Å². The Morgan fingerprint density at radius 3 is 2.96 bits per heavy atom. The lowest BCUT2D eigenvalue weighted by Crippen LogP contribution is -2.38. The predicted molar refractivity (Wildman–Crippen MR) is 96.1 cm³/mol. The first-order valence-electron chi connectivity index (χ1n) is 8.84. The zero-order chi connectivity index (χ0) is 17.5. The van der Waals surface area contributed by atoms with E-state index < -0.39 is 0 Å². The van der Waals surface area contributed by atoms with Gasteiger partial charge in [-0.25, -0.2) is 14.4 Å². The van der Waals surface area contributed by atoms with Gasteiger partial charge in [-0.3, -0.25) is 0 Å². The van der Waals surface area contributed by atoms with E-state index in [9.17, 15) is 4.39 Å². The molecule has 25 heavy (non-hydrogen) atoms. The van der Waals surface area contributed by atoms with Gasteiger partial charge in [0.05, 0.1) is 12.1 Å². The molecule has 1 fully saturated rings. The number of halogens is 1. The number of aromatic nitrogens is 3. The van der Waals surface area contributed by atoms with Gasteiger partial charge in [0.25, 0.3) is 0 Å². The zero-order valence-electron chi connectivity index (χ0n) is 14.5. The van der Waals surface area contributed by atoms with Crippen LogP contribution < -0.4 is 5.32 Å². The van der Waals surface area contributed by atoms with Crippen molar-refractivity contribution in [2.45, 2.75) is 50.4 Å². The summed E-state index contributed by atoms with van der Waals surface area (Å²) >= 11 is 0. The number of nitrogens with one attached hydrogen (secondary N) is 1. The average molecular weight is 344 g/mol. The first kappa shape index (κ1) is 17.6. The number of anilines is 1. The molecule has 2 aliphatic carbocycles. The van der Waals surface area contributed by atoms with Crippen LogP contribution in [0.1, 0.15) is 32.1 Å². The van der Waals surface area contributed by atoms with Crippen LogP contribution in [0.5, 0.6) is 0 Å². The van der Waals surface area contributed by atoms with E-state index in [1.165, 1.54) is 31.7 Å². The van der Waals surface area contributed by atoms with E-state index in [2.05, 4.69) is 15.3 Å². The van der Waals surface area contributed by atoms with Crippen LogP contribution in [-0.2, 0) is 11.8 Å². The average Bonchev–Trinajstić information content (AvgIpc) is 2.70. The van der Waals surface area contributed by atoms with E-state index in [1.54, 1.807) is 18.3 Å². The minimum atomic E-state index is -0.346. The SMILES string of the molecule is Cn1cccncnc(NC2C=CC(F)=CC2OC2CCCCC2)c1. The maximum Gasteiger partial charge on any atom is 0.144 e. The van der Waals surface area contributed by atoms with E-state index in [1.807, 2.05) is 30.1 Å². The van der Waals surface area contributed by atoms with E-state index in [4.69, 9.17) is 4.74 Å². The van der Waals surface area contributed by atoms with Crippen molar-refractivity contribution in [1.29, 1.82) is 0 Å². The van der Waals surface area contributed by atoms with Crippen LogP contribution in [0.3, 0.4) is 0 Å². The lowest BCUT2D eigenvalue weighted by atomic mass is 9.96. The number of hydrogen-bond donors (Lipinski definition) is 1. The highest BCUT2D eigenvalue weighted by Gasteiger charge is 2.26. The standard InChI is InChI=1S/C19H25FN4O/c1-24-11-5-10-21-14-22-19(13-24)23-17-9-8-15(20)12-18(17)25-16-6-3-2-4-7-16/h5,8-14,16-18,23H,2-4,6-7H2,1H3. The van der Waals surface area contributed by atoms with Gasteiger partial charge in [-0.2, -0.15) is 0 Å². The molecule has 5 nitrogen and oxygen atoms in total. The van der Waals surface area contributed by atoms with Crippen molar-refractivity contribution in [2.75, 3.05) is 5.32 Å². The van der Waals surface area contributed by atoms with Crippen molar-refractivity contribution in [1.82, 2.24) is 14.5 Å². The molecule has 0 bridgehead atoms. The summed E-state index contributed by atoms with van der Waals surface area (Å²) in [6, 6.07) is 1.66. The molecule has 1 saturated carbocycles. The first-order valence-corrected chi connectivity index (χ1v) is 8.84. The van der Waals surface area contributed by atoms with Gasteiger partial charge < -0.3 is 14.6 Å². The van der Waals surface area contributed by atoms with Crippen LogP contribution in [0.15, 0.2) is 55.0 Å². The zero-order valence-corrected chi connectivity index (χ0v) is 14.5. The van der Waals surface area contributed by atoms with E-state index >= 15 is 0 Å². The van der Waals surface area contributed by atoms with Gasteiger partial charge in [0.1, 0.15) is 24.1 Å². The van der Waals surface area contributed by atoms with Crippen LogP contribution in [0, 0.1) is 0 Å². The summed E-state index contributed by atoms with van der Waals surface area (Å²) in [6.45, 7) is 0. The molecule has 0 spiro atoms. The van der Waals surface area contributed by atoms with Crippen molar-refractivity contribution < 1.29 is 9.13 Å². The molecule has 2 unspecified atom stereocenters. The maximum absolute atomic E-state index is 13.8. The Hall–Kier alpha value is -2.21. The van der Waals surface area contributed by atoms with Crippen LogP contribution in [0.2, 0.25) is 0 Å². The Labute approximate surface area is 148 Å². The second-order valence-corrected chi connectivity index (χ2v) is 6.51. The molecule has 1 aromatic rings.